The lowest BCUT2D eigenvalue weighted by Crippen LogP contribution is -1.92. The van der Waals surface area contributed by atoms with E-state index in [1.54, 1.807) is 0 Å². The third kappa shape index (κ3) is 4.54. The molecule has 0 bridgehead atoms. The molecule has 0 spiro atoms. The van der Waals surface area contributed by atoms with Gasteiger partial charge in [0.2, 0.25) is 0 Å². The van der Waals surface area contributed by atoms with Gasteiger partial charge in [0.25, 0.3) is 0 Å². The van der Waals surface area contributed by atoms with Crippen LogP contribution in [0.25, 0.3) is 0 Å². The van der Waals surface area contributed by atoms with Crippen LogP contribution in [0.5, 0.6) is 0 Å². The molecule has 0 radical (unpaired) electrons. The van der Waals surface area contributed by atoms with Crippen molar-refractivity contribution in [2.45, 2.75) is 24.7 Å². The predicted molar refractivity (Wildman–Crippen MR) is 69.4 cm³/mol. The molecule has 0 heterocycles. The first kappa shape index (κ1) is 12.3. The van der Waals surface area contributed by atoms with Crippen molar-refractivity contribution in [1.29, 1.82) is 0 Å². The highest BCUT2D eigenvalue weighted by Gasteiger charge is 1.98. The van der Waals surface area contributed by atoms with Gasteiger partial charge in [-0.2, -0.15) is 0 Å². The van der Waals surface area contributed by atoms with E-state index < -0.39 is 0 Å². The van der Waals surface area contributed by atoms with E-state index in [2.05, 4.69) is 44.2 Å². The Morgan fingerprint density at radius 2 is 1.87 bits per heavy atom. The Morgan fingerprint density at radius 3 is 2.40 bits per heavy atom. The van der Waals surface area contributed by atoms with Crippen molar-refractivity contribution in [2.75, 3.05) is 12.3 Å². The number of benzene rings is 1. The van der Waals surface area contributed by atoms with Gasteiger partial charge in [0.15, 0.2) is 0 Å². The molecule has 1 rings (SSSR count). The van der Waals surface area contributed by atoms with Crippen molar-refractivity contribution in [2.24, 2.45) is 5.73 Å². The fraction of sp³-hybridized carbons (Fsp3) is 0.385. The van der Waals surface area contributed by atoms with Gasteiger partial charge in [-0.1, -0.05) is 38.1 Å². The van der Waals surface area contributed by atoms with Crippen LogP contribution in [0, 0.1) is 0 Å². The highest BCUT2D eigenvalue weighted by Crippen LogP contribution is 2.21. The van der Waals surface area contributed by atoms with Gasteiger partial charge in [-0.05, 0) is 23.6 Å². The van der Waals surface area contributed by atoms with Crippen LogP contribution in [0.3, 0.4) is 0 Å². The Labute approximate surface area is 96.8 Å². The Kier molecular flexibility index (Phi) is 5.51. The second-order valence-electron chi connectivity index (χ2n) is 3.74. The second-order valence-corrected chi connectivity index (χ2v) is 4.84. The van der Waals surface area contributed by atoms with Crippen molar-refractivity contribution in [3.63, 3.8) is 0 Å². The van der Waals surface area contributed by atoms with Crippen LogP contribution in [-0.4, -0.2) is 12.3 Å². The van der Waals surface area contributed by atoms with E-state index in [9.17, 15) is 0 Å². The first-order valence-corrected chi connectivity index (χ1v) is 6.30. The summed E-state index contributed by atoms with van der Waals surface area (Å²) >= 11 is 1.84. The minimum atomic E-state index is 0.612. The first-order valence-electron chi connectivity index (χ1n) is 5.32. The summed E-state index contributed by atoms with van der Waals surface area (Å²) in [6, 6.07) is 8.80. The van der Waals surface area contributed by atoms with Gasteiger partial charge >= 0.3 is 0 Å². The molecule has 2 N–H and O–H groups in total. The normalized spacial score (nSPS) is 11.5. The molecule has 1 nitrogen and oxygen atoms in total. The van der Waals surface area contributed by atoms with E-state index in [0.717, 1.165) is 5.75 Å². The number of hydrogen-bond donors (Lipinski definition) is 1. The molecule has 0 saturated carbocycles. The minimum Gasteiger partial charge on any atom is -0.327 e. The van der Waals surface area contributed by atoms with Crippen molar-refractivity contribution in [3.05, 3.63) is 42.0 Å². The Bertz CT molecular complexity index is 301. The molecule has 0 amide bonds. The van der Waals surface area contributed by atoms with Gasteiger partial charge in [0, 0.05) is 17.2 Å². The van der Waals surface area contributed by atoms with Crippen LogP contribution >= 0.6 is 11.8 Å². The zero-order valence-corrected chi connectivity index (χ0v) is 10.3. The highest BCUT2D eigenvalue weighted by molar-refractivity contribution is 7.99. The third-order valence-electron chi connectivity index (χ3n) is 2.20. The maximum absolute atomic E-state index is 5.37. The van der Waals surface area contributed by atoms with E-state index >= 15 is 0 Å². The molecule has 0 unspecified atom stereocenters. The summed E-state index contributed by atoms with van der Waals surface area (Å²) in [7, 11) is 0. The Hall–Kier alpha value is -0.730. The van der Waals surface area contributed by atoms with Gasteiger partial charge in [-0.15, -0.1) is 11.8 Å². The molecule has 0 aliphatic heterocycles. The smallest absolute Gasteiger partial charge is 0.0161 e. The van der Waals surface area contributed by atoms with Crippen LogP contribution in [0.15, 0.2) is 41.3 Å². The fourth-order valence-corrected chi connectivity index (χ4v) is 2.01. The molecular weight excluding hydrogens is 202 g/mol. The highest BCUT2D eigenvalue weighted by atomic mass is 32.2. The minimum absolute atomic E-state index is 0.612. The van der Waals surface area contributed by atoms with Gasteiger partial charge in [-0.3, -0.25) is 0 Å². The van der Waals surface area contributed by atoms with Crippen LogP contribution in [-0.2, 0) is 0 Å². The van der Waals surface area contributed by atoms with Gasteiger partial charge in [0.05, 0.1) is 0 Å². The maximum atomic E-state index is 5.37. The van der Waals surface area contributed by atoms with Crippen molar-refractivity contribution >= 4 is 11.8 Å². The molecule has 82 valence electrons. The molecular formula is C13H19NS. The van der Waals surface area contributed by atoms with Crippen molar-refractivity contribution in [3.8, 4) is 0 Å². The number of nitrogens with two attached hydrogens (primary N) is 1. The summed E-state index contributed by atoms with van der Waals surface area (Å²) < 4.78 is 0. The molecule has 0 atom stereocenters. The third-order valence-corrected chi connectivity index (χ3v) is 3.16. The molecule has 1 aromatic rings. The Morgan fingerprint density at radius 1 is 1.20 bits per heavy atom. The topological polar surface area (TPSA) is 26.0 Å². The Balaban J connectivity index is 2.46. The lowest BCUT2D eigenvalue weighted by atomic mass is 10.0. The summed E-state index contributed by atoms with van der Waals surface area (Å²) in [4.78, 5) is 1.32. The summed E-state index contributed by atoms with van der Waals surface area (Å²) in [6.45, 7) is 5.06. The van der Waals surface area contributed by atoms with Crippen molar-refractivity contribution in [1.82, 2.24) is 0 Å². The number of hydrogen-bond acceptors (Lipinski definition) is 2. The zero-order chi connectivity index (χ0) is 11.1. The largest absolute Gasteiger partial charge is 0.327 e. The van der Waals surface area contributed by atoms with Gasteiger partial charge in [0.1, 0.15) is 0 Å². The quantitative estimate of drug-likeness (QED) is 0.609. The SMILES string of the molecule is CC(C)c1ccc(SCC=CCN)cc1. The summed E-state index contributed by atoms with van der Waals surface area (Å²) in [5.41, 5.74) is 6.76. The molecule has 15 heavy (non-hydrogen) atoms. The molecule has 0 fully saturated rings. The first-order chi connectivity index (χ1) is 7.24. The van der Waals surface area contributed by atoms with Crippen LogP contribution < -0.4 is 5.73 Å². The lowest BCUT2D eigenvalue weighted by molar-refractivity contribution is 0.865. The van der Waals surface area contributed by atoms with Crippen LogP contribution in [0.1, 0.15) is 25.3 Å². The van der Waals surface area contributed by atoms with E-state index in [1.165, 1.54) is 10.5 Å². The fourth-order valence-electron chi connectivity index (χ4n) is 1.26. The van der Waals surface area contributed by atoms with E-state index in [1.807, 2.05) is 17.8 Å². The van der Waals surface area contributed by atoms with E-state index in [-0.39, 0.29) is 0 Å². The molecule has 0 saturated heterocycles. The summed E-state index contributed by atoms with van der Waals surface area (Å²) in [5.74, 6) is 1.61. The number of rotatable bonds is 5. The van der Waals surface area contributed by atoms with E-state index in [4.69, 9.17) is 5.73 Å². The predicted octanol–water partition coefficient (Wildman–Crippen LogP) is 3.42. The standard InChI is InChI=1S/C13H19NS/c1-11(2)12-5-7-13(8-6-12)15-10-4-3-9-14/h3-8,11H,9-10,14H2,1-2H3. The van der Waals surface area contributed by atoms with Crippen LogP contribution in [0.2, 0.25) is 0 Å². The van der Waals surface area contributed by atoms with Gasteiger partial charge in [-0.25, -0.2) is 0 Å². The average Bonchev–Trinajstić information content (AvgIpc) is 2.25. The molecule has 0 aliphatic rings. The summed E-state index contributed by atoms with van der Waals surface area (Å²) in [5, 5.41) is 0. The monoisotopic (exact) mass is 221 g/mol. The average molecular weight is 221 g/mol. The molecule has 0 aliphatic carbocycles. The lowest BCUT2D eigenvalue weighted by Gasteiger charge is -2.05. The molecule has 0 aromatic heterocycles. The summed E-state index contributed by atoms with van der Waals surface area (Å²) in [6.07, 6.45) is 4.11. The second kappa shape index (κ2) is 6.70. The van der Waals surface area contributed by atoms with Crippen LogP contribution in [0.4, 0.5) is 0 Å². The number of thioether (sulfide) groups is 1. The van der Waals surface area contributed by atoms with Gasteiger partial charge < -0.3 is 5.73 Å². The molecule has 1 aromatic carbocycles. The molecule has 2 heteroatoms. The maximum Gasteiger partial charge on any atom is 0.0161 e. The van der Waals surface area contributed by atoms with Crippen molar-refractivity contribution < 1.29 is 0 Å². The zero-order valence-electron chi connectivity index (χ0n) is 9.44. The van der Waals surface area contributed by atoms with E-state index in [0.29, 0.717) is 12.5 Å².